The van der Waals surface area contributed by atoms with Gasteiger partial charge in [-0.15, -0.1) is 11.8 Å². The molecular formula is C26H24ClN3O3S. The highest BCUT2D eigenvalue weighted by molar-refractivity contribution is 8.01. The number of amides is 3. The number of thioether (sulfide) groups is 1. The summed E-state index contributed by atoms with van der Waals surface area (Å²) in [6.45, 7) is 2.91. The van der Waals surface area contributed by atoms with Gasteiger partial charge in [-0.25, -0.2) is 4.79 Å². The van der Waals surface area contributed by atoms with Crippen LogP contribution in [0, 0.1) is 6.92 Å². The minimum absolute atomic E-state index is 0.122. The number of nitrogens with one attached hydrogen (secondary N) is 1. The maximum absolute atomic E-state index is 14.1. The summed E-state index contributed by atoms with van der Waals surface area (Å²) in [5, 5.41) is 3.44. The lowest BCUT2D eigenvalue weighted by molar-refractivity contribution is -0.123. The predicted octanol–water partition coefficient (Wildman–Crippen LogP) is 5.64. The second-order valence-electron chi connectivity index (χ2n) is 8.29. The number of carbonyl (C=O) groups is 2. The number of ether oxygens (including phenoxy) is 1. The molecule has 3 aromatic carbocycles. The highest BCUT2D eigenvalue weighted by Gasteiger charge is 2.59. The summed E-state index contributed by atoms with van der Waals surface area (Å²) in [4.78, 5) is 29.9. The van der Waals surface area contributed by atoms with E-state index < -0.39 is 4.87 Å². The normalized spacial score (nSPS) is 19.0. The van der Waals surface area contributed by atoms with Crippen LogP contribution in [-0.4, -0.2) is 36.2 Å². The number of fused-ring (bicyclic) bond motifs is 2. The Morgan fingerprint density at radius 1 is 1.15 bits per heavy atom. The van der Waals surface area contributed by atoms with Crippen LogP contribution < -0.4 is 15.0 Å². The van der Waals surface area contributed by atoms with Crippen LogP contribution in [0.15, 0.2) is 66.7 Å². The minimum Gasteiger partial charge on any atom is -0.497 e. The predicted molar refractivity (Wildman–Crippen MR) is 137 cm³/mol. The molecule has 1 saturated heterocycles. The van der Waals surface area contributed by atoms with E-state index in [-0.39, 0.29) is 11.9 Å². The molecule has 0 aliphatic carbocycles. The quantitative estimate of drug-likeness (QED) is 0.511. The summed E-state index contributed by atoms with van der Waals surface area (Å²) < 4.78 is 5.48. The zero-order valence-corrected chi connectivity index (χ0v) is 20.4. The maximum atomic E-state index is 14.1. The SMILES string of the molecule is COc1ccc2c(c1)[C@@]1(SCCN1C(=O)Nc1cccc(Cl)c1)C(=O)N2Cc1ccccc1C. The number of methoxy groups -OCH3 is 1. The van der Waals surface area contributed by atoms with E-state index >= 15 is 0 Å². The van der Waals surface area contributed by atoms with Gasteiger partial charge in [0, 0.05) is 28.6 Å². The van der Waals surface area contributed by atoms with Crippen molar-refractivity contribution >= 4 is 46.7 Å². The van der Waals surface area contributed by atoms with Crippen molar-refractivity contribution in [2.24, 2.45) is 0 Å². The standard InChI is InChI=1S/C26H24ClN3O3S/c1-17-6-3-4-7-18(17)16-29-23-11-10-21(33-2)15-22(23)26(24(29)31)30(12-13-34-26)25(32)28-20-9-5-8-19(27)14-20/h3-11,14-15H,12-13,16H2,1-2H3,(H,28,32)/t26-/m1/s1. The smallest absolute Gasteiger partial charge is 0.323 e. The molecule has 1 fully saturated rings. The maximum Gasteiger partial charge on any atom is 0.323 e. The van der Waals surface area contributed by atoms with Crippen LogP contribution >= 0.6 is 23.4 Å². The van der Waals surface area contributed by atoms with E-state index in [4.69, 9.17) is 16.3 Å². The van der Waals surface area contributed by atoms with Gasteiger partial charge < -0.3 is 15.0 Å². The first-order valence-corrected chi connectivity index (χ1v) is 12.3. The fourth-order valence-electron chi connectivity index (χ4n) is 4.59. The van der Waals surface area contributed by atoms with Crippen molar-refractivity contribution in [1.82, 2.24) is 4.90 Å². The Labute approximate surface area is 207 Å². The lowest BCUT2D eigenvalue weighted by Gasteiger charge is -2.33. The Morgan fingerprint density at radius 2 is 1.97 bits per heavy atom. The molecule has 6 nitrogen and oxygen atoms in total. The van der Waals surface area contributed by atoms with Gasteiger partial charge in [-0.2, -0.15) is 0 Å². The van der Waals surface area contributed by atoms with Crippen LogP contribution in [-0.2, 0) is 16.2 Å². The second-order valence-corrected chi connectivity index (χ2v) is 10.0. The van der Waals surface area contributed by atoms with Gasteiger partial charge in [-0.1, -0.05) is 41.9 Å². The summed E-state index contributed by atoms with van der Waals surface area (Å²) in [7, 11) is 1.60. The molecule has 5 rings (SSSR count). The van der Waals surface area contributed by atoms with Crippen molar-refractivity contribution in [3.63, 3.8) is 0 Å². The van der Waals surface area contributed by atoms with Gasteiger partial charge in [0.1, 0.15) is 5.75 Å². The molecule has 174 valence electrons. The molecule has 2 heterocycles. The lowest BCUT2D eigenvalue weighted by Crippen LogP contribution is -2.51. The zero-order chi connectivity index (χ0) is 23.9. The van der Waals surface area contributed by atoms with Crippen molar-refractivity contribution in [2.45, 2.75) is 18.3 Å². The Kier molecular flexibility index (Phi) is 5.91. The van der Waals surface area contributed by atoms with E-state index in [2.05, 4.69) is 5.32 Å². The number of nitrogens with zero attached hydrogens (tertiary/aromatic N) is 2. The fourth-order valence-corrected chi connectivity index (χ4v) is 6.24. The summed E-state index contributed by atoms with van der Waals surface area (Å²) in [5.74, 6) is 1.16. The minimum atomic E-state index is -1.16. The fraction of sp³-hybridized carbons (Fsp3) is 0.231. The number of urea groups is 1. The van der Waals surface area contributed by atoms with Crippen LogP contribution in [0.4, 0.5) is 16.2 Å². The van der Waals surface area contributed by atoms with Gasteiger partial charge in [0.15, 0.2) is 4.87 Å². The number of aryl methyl sites for hydroxylation is 1. The first-order chi connectivity index (χ1) is 16.4. The van der Waals surface area contributed by atoms with E-state index in [9.17, 15) is 9.59 Å². The molecule has 0 unspecified atom stereocenters. The largest absolute Gasteiger partial charge is 0.497 e. The van der Waals surface area contributed by atoms with Gasteiger partial charge in [0.25, 0.3) is 5.91 Å². The Balaban J connectivity index is 1.56. The van der Waals surface area contributed by atoms with E-state index in [1.807, 2.05) is 49.4 Å². The van der Waals surface area contributed by atoms with Crippen LogP contribution in [0.25, 0.3) is 0 Å². The highest BCUT2D eigenvalue weighted by atomic mass is 35.5. The number of rotatable bonds is 4. The Hall–Kier alpha value is -3.16. The van der Waals surface area contributed by atoms with E-state index in [0.29, 0.717) is 35.3 Å². The molecule has 0 aromatic heterocycles. The summed E-state index contributed by atoms with van der Waals surface area (Å²) >= 11 is 7.58. The number of hydrogen-bond acceptors (Lipinski definition) is 4. The topological polar surface area (TPSA) is 61.9 Å². The second kappa shape index (κ2) is 8.89. The third-order valence-electron chi connectivity index (χ3n) is 6.31. The molecule has 3 amide bonds. The average molecular weight is 494 g/mol. The van der Waals surface area contributed by atoms with E-state index in [1.54, 1.807) is 41.2 Å². The number of halogens is 1. The van der Waals surface area contributed by atoms with Crippen molar-refractivity contribution in [3.05, 3.63) is 88.4 Å². The number of anilines is 2. The first-order valence-electron chi connectivity index (χ1n) is 11.0. The molecule has 1 spiro atoms. The molecule has 3 aromatic rings. The van der Waals surface area contributed by atoms with E-state index in [0.717, 1.165) is 22.4 Å². The van der Waals surface area contributed by atoms with Crippen LogP contribution in [0.3, 0.4) is 0 Å². The van der Waals surface area contributed by atoms with Crippen LogP contribution in [0.5, 0.6) is 5.75 Å². The lowest BCUT2D eigenvalue weighted by atomic mass is 10.1. The van der Waals surface area contributed by atoms with Gasteiger partial charge in [0.2, 0.25) is 0 Å². The van der Waals surface area contributed by atoms with Gasteiger partial charge in [-0.3, -0.25) is 9.69 Å². The number of carbonyl (C=O) groups excluding carboxylic acids is 2. The molecule has 34 heavy (non-hydrogen) atoms. The number of benzene rings is 3. The molecule has 0 bridgehead atoms. The first kappa shape index (κ1) is 22.6. The molecule has 8 heteroatoms. The molecule has 1 atom stereocenters. The summed E-state index contributed by atoms with van der Waals surface area (Å²) in [6.07, 6.45) is 0. The number of hydrogen-bond donors (Lipinski definition) is 1. The monoisotopic (exact) mass is 493 g/mol. The zero-order valence-electron chi connectivity index (χ0n) is 18.9. The van der Waals surface area contributed by atoms with Crippen LogP contribution in [0.2, 0.25) is 5.02 Å². The van der Waals surface area contributed by atoms with Crippen molar-refractivity contribution in [3.8, 4) is 5.75 Å². The Bertz CT molecular complexity index is 1280. The van der Waals surface area contributed by atoms with Crippen molar-refractivity contribution < 1.29 is 14.3 Å². The van der Waals surface area contributed by atoms with Crippen molar-refractivity contribution in [2.75, 3.05) is 29.6 Å². The van der Waals surface area contributed by atoms with Gasteiger partial charge in [-0.05, 0) is 54.4 Å². The van der Waals surface area contributed by atoms with Crippen molar-refractivity contribution in [1.29, 1.82) is 0 Å². The molecular weight excluding hydrogens is 470 g/mol. The average Bonchev–Trinajstić information content (AvgIpc) is 3.37. The van der Waals surface area contributed by atoms with Crippen LogP contribution in [0.1, 0.15) is 16.7 Å². The molecule has 2 aliphatic heterocycles. The third kappa shape index (κ3) is 3.69. The Morgan fingerprint density at radius 3 is 2.74 bits per heavy atom. The van der Waals surface area contributed by atoms with Gasteiger partial charge in [0.05, 0.1) is 19.3 Å². The summed E-state index contributed by atoms with van der Waals surface area (Å²) in [5.41, 5.74) is 4.32. The molecule has 0 radical (unpaired) electrons. The molecule has 0 saturated carbocycles. The summed E-state index contributed by atoms with van der Waals surface area (Å²) in [6, 6.07) is 20.3. The molecule has 2 aliphatic rings. The highest BCUT2D eigenvalue weighted by Crippen LogP contribution is 2.55. The van der Waals surface area contributed by atoms with E-state index in [1.165, 1.54) is 11.8 Å². The molecule has 1 N–H and O–H groups in total. The van der Waals surface area contributed by atoms with Gasteiger partial charge >= 0.3 is 6.03 Å². The third-order valence-corrected chi connectivity index (χ3v) is 7.97.